The van der Waals surface area contributed by atoms with Crippen molar-refractivity contribution in [2.45, 2.75) is 6.42 Å². The average molecular weight is 486 g/mol. The Balaban J connectivity index is 1.68. The maximum absolute atomic E-state index is 12.8. The summed E-state index contributed by atoms with van der Waals surface area (Å²) < 4.78 is 16.5. The van der Waals surface area contributed by atoms with E-state index in [2.05, 4.69) is 0 Å². The average Bonchev–Trinajstić information content (AvgIpc) is 3.27. The fraction of sp³-hybridized carbons (Fsp3) is 0.217. The number of hydrogen-bond acceptors (Lipinski definition) is 7. The predicted octanol–water partition coefficient (Wildman–Crippen LogP) is 2.14. The summed E-state index contributed by atoms with van der Waals surface area (Å²) in [6, 6.07) is 7.55. The minimum absolute atomic E-state index is 0.0223. The molecule has 0 atom stereocenters. The van der Waals surface area contributed by atoms with Gasteiger partial charge in [0, 0.05) is 19.2 Å². The van der Waals surface area contributed by atoms with E-state index in [0.717, 1.165) is 0 Å². The number of hydrogen-bond donors (Lipinski definition) is 2. The van der Waals surface area contributed by atoms with E-state index in [1.165, 1.54) is 18.1 Å². The molecule has 2 aliphatic rings. The molecule has 2 aromatic rings. The molecule has 4 rings (SSSR count). The lowest BCUT2D eigenvalue weighted by molar-refractivity contribution is -0.123. The highest BCUT2D eigenvalue weighted by atomic mass is 35.5. The molecule has 176 valence electrons. The molecule has 1 fully saturated rings. The summed E-state index contributed by atoms with van der Waals surface area (Å²) in [7, 11) is 3.06. The highest BCUT2D eigenvalue weighted by Crippen LogP contribution is 2.46. The molecule has 0 aromatic heterocycles. The van der Waals surface area contributed by atoms with Gasteiger partial charge in [-0.25, -0.2) is 4.79 Å². The van der Waals surface area contributed by atoms with Crippen LogP contribution >= 0.6 is 11.6 Å². The van der Waals surface area contributed by atoms with Crippen LogP contribution in [-0.2, 0) is 16.0 Å². The number of ether oxygens (including phenoxy) is 3. The van der Waals surface area contributed by atoms with Crippen LogP contribution in [0.2, 0.25) is 5.02 Å². The third kappa shape index (κ3) is 4.40. The fourth-order valence-electron chi connectivity index (χ4n) is 3.63. The second-order valence-electron chi connectivity index (χ2n) is 7.47. The van der Waals surface area contributed by atoms with Gasteiger partial charge in [-0.2, -0.15) is 0 Å². The Kier molecular flexibility index (Phi) is 6.42. The molecule has 2 aromatic carbocycles. The van der Waals surface area contributed by atoms with Gasteiger partial charge in [-0.05, 0) is 36.3 Å². The lowest BCUT2D eigenvalue weighted by Gasteiger charge is -2.20. The zero-order valence-corrected chi connectivity index (χ0v) is 19.0. The van der Waals surface area contributed by atoms with Gasteiger partial charge >= 0.3 is 6.03 Å². The van der Waals surface area contributed by atoms with Crippen molar-refractivity contribution < 1.29 is 33.4 Å². The Morgan fingerprint density at radius 3 is 2.56 bits per heavy atom. The minimum Gasteiger partial charge on any atom is -0.492 e. The molecule has 2 heterocycles. The van der Waals surface area contributed by atoms with Crippen LogP contribution in [0.1, 0.15) is 21.5 Å². The summed E-state index contributed by atoms with van der Waals surface area (Å²) in [6.45, 7) is 0.255. The molecule has 2 aliphatic heterocycles. The molecule has 5 amide bonds. The number of urea groups is 1. The normalized spacial score (nSPS) is 14.4. The molecule has 10 nitrogen and oxygen atoms in total. The number of imide groups is 2. The largest absolute Gasteiger partial charge is 0.492 e. The van der Waals surface area contributed by atoms with E-state index in [-0.39, 0.29) is 30.6 Å². The monoisotopic (exact) mass is 485 g/mol. The van der Waals surface area contributed by atoms with E-state index >= 15 is 0 Å². The summed E-state index contributed by atoms with van der Waals surface area (Å²) in [6.07, 6.45) is 1.64. The van der Waals surface area contributed by atoms with Crippen LogP contribution in [0.3, 0.4) is 0 Å². The number of amides is 5. The van der Waals surface area contributed by atoms with E-state index in [1.807, 2.05) is 10.6 Å². The molecule has 2 N–H and O–H groups in total. The smallest absolute Gasteiger partial charge is 0.328 e. The van der Waals surface area contributed by atoms with Crippen molar-refractivity contribution in [3.05, 3.63) is 57.6 Å². The van der Waals surface area contributed by atoms with E-state index < -0.39 is 17.8 Å². The number of carbonyl (C=O) groups is 4. The zero-order valence-electron chi connectivity index (χ0n) is 18.3. The van der Waals surface area contributed by atoms with Gasteiger partial charge in [0.1, 0.15) is 5.57 Å². The molecule has 34 heavy (non-hydrogen) atoms. The van der Waals surface area contributed by atoms with Crippen LogP contribution in [0.25, 0.3) is 6.08 Å². The number of methoxy groups -OCH3 is 1. The third-order valence-corrected chi connectivity index (χ3v) is 5.68. The van der Waals surface area contributed by atoms with Crippen LogP contribution in [0, 0.1) is 0 Å². The Hall–Kier alpha value is -4.05. The number of carbonyl (C=O) groups excluding carboxylic acids is 4. The van der Waals surface area contributed by atoms with Crippen molar-refractivity contribution in [2.24, 2.45) is 0 Å². The van der Waals surface area contributed by atoms with E-state index in [9.17, 15) is 19.2 Å². The Labute approximate surface area is 199 Å². The second-order valence-corrected chi connectivity index (χ2v) is 7.88. The van der Waals surface area contributed by atoms with Gasteiger partial charge in [-0.3, -0.25) is 25.0 Å². The van der Waals surface area contributed by atoms with Crippen LogP contribution in [0.15, 0.2) is 35.9 Å². The summed E-state index contributed by atoms with van der Waals surface area (Å²) in [5, 5.41) is 4.42. The first-order valence-electron chi connectivity index (χ1n) is 10.2. The number of nitrogens with one attached hydrogen (secondary N) is 2. The maximum Gasteiger partial charge on any atom is 0.328 e. The molecule has 0 saturated carbocycles. The van der Waals surface area contributed by atoms with Crippen molar-refractivity contribution >= 4 is 41.4 Å². The van der Waals surface area contributed by atoms with Crippen molar-refractivity contribution in [3.8, 4) is 17.2 Å². The fourth-order valence-corrected chi connectivity index (χ4v) is 3.84. The van der Waals surface area contributed by atoms with Crippen molar-refractivity contribution in [1.82, 2.24) is 15.5 Å². The van der Waals surface area contributed by atoms with Crippen molar-refractivity contribution in [1.29, 1.82) is 0 Å². The summed E-state index contributed by atoms with van der Waals surface area (Å²) >= 11 is 6.15. The Morgan fingerprint density at radius 1 is 1.18 bits per heavy atom. The van der Waals surface area contributed by atoms with E-state index in [1.54, 1.807) is 37.4 Å². The van der Waals surface area contributed by atoms with Gasteiger partial charge in [-0.1, -0.05) is 23.7 Å². The number of benzene rings is 2. The maximum atomic E-state index is 12.8. The molecule has 11 heteroatoms. The second kappa shape index (κ2) is 9.44. The van der Waals surface area contributed by atoms with E-state index in [0.29, 0.717) is 39.6 Å². The summed E-state index contributed by atoms with van der Waals surface area (Å²) in [5.74, 6) is -0.929. The lowest BCUT2D eigenvalue weighted by Crippen LogP contribution is -2.51. The number of halogens is 1. The molecule has 0 unspecified atom stereocenters. The first kappa shape index (κ1) is 23.1. The Morgan fingerprint density at radius 2 is 1.88 bits per heavy atom. The molecule has 1 saturated heterocycles. The van der Waals surface area contributed by atoms with E-state index in [4.69, 9.17) is 25.8 Å². The first-order valence-corrected chi connectivity index (χ1v) is 10.6. The molecular weight excluding hydrogens is 466 g/mol. The van der Waals surface area contributed by atoms with Crippen LogP contribution in [-0.4, -0.2) is 56.1 Å². The molecular formula is C23H20ClN3O7. The number of nitrogens with zero attached hydrogens (tertiary/aromatic N) is 1. The van der Waals surface area contributed by atoms with Crippen molar-refractivity contribution in [3.63, 3.8) is 0 Å². The standard InChI is InChI=1S/C23H20ClN3O7/c1-27(22(30)13-5-3-4-6-16(13)24)8-7-12-9-17-19(34-11-33-17)18(32-2)14(12)10-15-20(28)25-23(31)26-21(15)29/h3-6,9-10H,7-8,11H2,1-2H3,(H2,25,26,28,29,31). The summed E-state index contributed by atoms with van der Waals surface area (Å²) in [5.41, 5.74) is 1.11. The van der Waals surface area contributed by atoms with Gasteiger partial charge < -0.3 is 19.1 Å². The quantitative estimate of drug-likeness (QED) is 0.474. The molecule has 0 aliphatic carbocycles. The SMILES string of the molecule is COc1c(C=C2C(=O)NC(=O)NC2=O)c(CCN(C)C(=O)c2ccccc2Cl)cc2c1OCO2. The number of fused-ring (bicyclic) bond motifs is 1. The van der Waals surface area contributed by atoms with Gasteiger partial charge in [0.2, 0.25) is 12.5 Å². The number of rotatable bonds is 6. The van der Waals surface area contributed by atoms with Crippen LogP contribution < -0.4 is 24.8 Å². The highest BCUT2D eigenvalue weighted by molar-refractivity contribution is 6.33. The highest BCUT2D eigenvalue weighted by Gasteiger charge is 2.31. The lowest BCUT2D eigenvalue weighted by atomic mass is 9.98. The molecule has 0 spiro atoms. The van der Waals surface area contributed by atoms with Gasteiger partial charge in [0.25, 0.3) is 17.7 Å². The predicted molar refractivity (Wildman–Crippen MR) is 121 cm³/mol. The first-order chi connectivity index (χ1) is 16.3. The number of barbiturate groups is 1. The topological polar surface area (TPSA) is 123 Å². The Bertz CT molecular complexity index is 1220. The third-order valence-electron chi connectivity index (χ3n) is 5.35. The van der Waals surface area contributed by atoms with Gasteiger partial charge in [0.05, 0.1) is 17.7 Å². The molecule has 0 radical (unpaired) electrons. The van der Waals surface area contributed by atoms with Gasteiger partial charge in [-0.15, -0.1) is 0 Å². The molecule has 0 bridgehead atoms. The minimum atomic E-state index is -0.898. The summed E-state index contributed by atoms with van der Waals surface area (Å²) in [4.78, 5) is 50.3. The van der Waals surface area contributed by atoms with Gasteiger partial charge in [0.15, 0.2) is 11.5 Å². The number of likely N-dealkylation sites (N-methyl/N-ethyl adjacent to an activating group) is 1. The van der Waals surface area contributed by atoms with Crippen LogP contribution in [0.4, 0.5) is 4.79 Å². The van der Waals surface area contributed by atoms with Crippen LogP contribution in [0.5, 0.6) is 17.2 Å². The zero-order chi connectivity index (χ0) is 24.4. The van der Waals surface area contributed by atoms with Crippen molar-refractivity contribution in [2.75, 3.05) is 27.5 Å².